The van der Waals surface area contributed by atoms with Crippen LogP contribution < -0.4 is 4.74 Å². The van der Waals surface area contributed by atoms with E-state index in [1.165, 1.54) is 28.5 Å². The number of carboxylic acids is 1. The normalized spacial score (nSPS) is 10.6. The monoisotopic (exact) mass is 339 g/mol. The minimum Gasteiger partial charge on any atom is -0.486 e. The van der Waals surface area contributed by atoms with Gasteiger partial charge >= 0.3 is 5.97 Å². The second-order valence-corrected chi connectivity index (χ2v) is 6.46. The number of para-hydroxylation sites is 1. The van der Waals surface area contributed by atoms with E-state index in [4.69, 9.17) is 4.74 Å². The maximum atomic E-state index is 11.2. The number of aromatic nitrogens is 1. The Balaban J connectivity index is 1.75. The van der Waals surface area contributed by atoms with Gasteiger partial charge in [0.2, 0.25) is 0 Å². The van der Waals surface area contributed by atoms with E-state index in [1.807, 2.05) is 5.38 Å². The molecule has 0 bridgehead atoms. The van der Waals surface area contributed by atoms with Crippen molar-refractivity contribution in [1.82, 2.24) is 4.98 Å². The first-order chi connectivity index (χ1) is 11.5. The molecule has 1 heterocycles. The van der Waals surface area contributed by atoms with Gasteiger partial charge in [0.25, 0.3) is 0 Å². The largest absolute Gasteiger partial charge is 0.486 e. The van der Waals surface area contributed by atoms with Crippen LogP contribution in [0.3, 0.4) is 0 Å². The molecule has 0 aliphatic rings. The Labute approximate surface area is 144 Å². The van der Waals surface area contributed by atoms with Gasteiger partial charge in [-0.1, -0.05) is 24.3 Å². The van der Waals surface area contributed by atoms with Crippen LogP contribution in [0.4, 0.5) is 0 Å². The summed E-state index contributed by atoms with van der Waals surface area (Å²) in [5, 5.41) is 12.0. The number of thiazole rings is 1. The van der Waals surface area contributed by atoms with Crippen molar-refractivity contribution < 1.29 is 14.6 Å². The van der Waals surface area contributed by atoms with Crippen molar-refractivity contribution >= 4 is 17.3 Å². The first kappa shape index (κ1) is 16.2. The third kappa shape index (κ3) is 3.46. The SMILES string of the molecule is Cc1ccc(-c2csc(COc3ccccc3C(=O)O)n2)cc1C. The molecule has 0 amide bonds. The van der Waals surface area contributed by atoms with Gasteiger partial charge in [-0.25, -0.2) is 9.78 Å². The molecular weight excluding hydrogens is 322 g/mol. The lowest BCUT2D eigenvalue weighted by Gasteiger charge is -2.07. The highest BCUT2D eigenvalue weighted by Crippen LogP contribution is 2.25. The first-order valence-electron chi connectivity index (χ1n) is 7.52. The molecule has 0 radical (unpaired) electrons. The van der Waals surface area contributed by atoms with Gasteiger partial charge in [0.1, 0.15) is 22.9 Å². The minimum atomic E-state index is -0.999. The van der Waals surface area contributed by atoms with E-state index in [-0.39, 0.29) is 12.2 Å². The number of aryl methyl sites for hydroxylation is 2. The van der Waals surface area contributed by atoms with Crippen molar-refractivity contribution in [2.24, 2.45) is 0 Å². The predicted molar refractivity (Wildman–Crippen MR) is 94.8 cm³/mol. The number of carbonyl (C=O) groups is 1. The van der Waals surface area contributed by atoms with Crippen LogP contribution in [-0.4, -0.2) is 16.1 Å². The van der Waals surface area contributed by atoms with E-state index in [2.05, 4.69) is 37.0 Å². The summed E-state index contributed by atoms with van der Waals surface area (Å²) in [4.78, 5) is 15.8. The van der Waals surface area contributed by atoms with E-state index < -0.39 is 5.97 Å². The van der Waals surface area contributed by atoms with Gasteiger partial charge in [-0.15, -0.1) is 11.3 Å². The molecule has 3 rings (SSSR count). The van der Waals surface area contributed by atoms with Crippen LogP contribution >= 0.6 is 11.3 Å². The van der Waals surface area contributed by atoms with Crippen molar-refractivity contribution in [3.05, 3.63) is 69.5 Å². The smallest absolute Gasteiger partial charge is 0.339 e. The number of ether oxygens (including phenoxy) is 1. The van der Waals surface area contributed by atoms with E-state index >= 15 is 0 Å². The zero-order valence-corrected chi connectivity index (χ0v) is 14.3. The number of rotatable bonds is 5. The topological polar surface area (TPSA) is 59.4 Å². The highest BCUT2D eigenvalue weighted by Gasteiger charge is 2.11. The van der Waals surface area contributed by atoms with Crippen LogP contribution in [-0.2, 0) is 6.61 Å². The highest BCUT2D eigenvalue weighted by atomic mass is 32.1. The third-order valence-corrected chi connectivity index (χ3v) is 4.65. The molecule has 122 valence electrons. The lowest BCUT2D eigenvalue weighted by molar-refractivity contribution is 0.0691. The van der Waals surface area contributed by atoms with Crippen LogP contribution in [0.1, 0.15) is 26.5 Å². The lowest BCUT2D eigenvalue weighted by atomic mass is 10.1. The Morgan fingerprint density at radius 2 is 1.96 bits per heavy atom. The fourth-order valence-corrected chi connectivity index (χ4v) is 3.03. The average molecular weight is 339 g/mol. The fourth-order valence-electron chi connectivity index (χ4n) is 2.32. The van der Waals surface area contributed by atoms with Gasteiger partial charge in [-0.3, -0.25) is 0 Å². The summed E-state index contributed by atoms with van der Waals surface area (Å²) in [6, 6.07) is 12.9. The van der Waals surface area contributed by atoms with Gasteiger partial charge in [0.05, 0.1) is 5.69 Å². The van der Waals surface area contributed by atoms with Crippen molar-refractivity contribution in [3.63, 3.8) is 0 Å². The Bertz CT molecular complexity index is 886. The Kier molecular flexibility index (Phi) is 4.62. The van der Waals surface area contributed by atoms with Crippen LogP contribution in [0.25, 0.3) is 11.3 Å². The standard InChI is InChI=1S/C19H17NO3S/c1-12-7-8-14(9-13(12)2)16-11-24-18(20-16)10-23-17-6-4-3-5-15(17)19(21)22/h3-9,11H,10H2,1-2H3,(H,21,22). The lowest BCUT2D eigenvalue weighted by Crippen LogP contribution is -2.03. The van der Waals surface area contributed by atoms with Crippen molar-refractivity contribution in [3.8, 4) is 17.0 Å². The molecule has 4 nitrogen and oxygen atoms in total. The average Bonchev–Trinajstić information content (AvgIpc) is 3.04. The maximum Gasteiger partial charge on any atom is 0.339 e. The van der Waals surface area contributed by atoms with Gasteiger partial charge < -0.3 is 9.84 Å². The minimum absolute atomic E-state index is 0.156. The molecule has 0 atom stereocenters. The van der Waals surface area contributed by atoms with E-state index in [0.717, 1.165) is 16.3 Å². The van der Waals surface area contributed by atoms with E-state index in [0.29, 0.717) is 5.75 Å². The maximum absolute atomic E-state index is 11.2. The Morgan fingerprint density at radius 3 is 2.71 bits per heavy atom. The predicted octanol–water partition coefficient (Wildman–Crippen LogP) is 4.70. The highest BCUT2D eigenvalue weighted by molar-refractivity contribution is 7.09. The molecule has 5 heteroatoms. The number of aromatic carboxylic acids is 1. The summed E-state index contributed by atoms with van der Waals surface area (Å²) in [6.45, 7) is 4.41. The van der Waals surface area contributed by atoms with Crippen molar-refractivity contribution in [2.45, 2.75) is 20.5 Å². The van der Waals surface area contributed by atoms with Crippen molar-refractivity contribution in [1.29, 1.82) is 0 Å². The molecule has 0 fully saturated rings. The summed E-state index contributed by atoms with van der Waals surface area (Å²) in [5.41, 5.74) is 4.62. The zero-order valence-electron chi connectivity index (χ0n) is 13.4. The van der Waals surface area contributed by atoms with Crippen LogP contribution in [0.2, 0.25) is 0 Å². The molecule has 2 aromatic carbocycles. The molecule has 0 aliphatic carbocycles. The molecule has 0 spiro atoms. The summed E-state index contributed by atoms with van der Waals surface area (Å²) in [5.74, 6) is -0.645. The van der Waals surface area contributed by atoms with E-state index in [1.54, 1.807) is 18.2 Å². The molecule has 3 aromatic rings. The van der Waals surface area contributed by atoms with Gasteiger partial charge in [-0.2, -0.15) is 0 Å². The number of hydrogen-bond donors (Lipinski definition) is 1. The summed E-state index contributed by atoms with van der Waals surface area (Å²) in [7, 11) is 0. The molecule has 0 saturated heterocycles. The fraction of sp³-hybridized carbons (Fsp3) is 0.158. The molecule has 0 unspecified atom stereocenters. The Morgan fingerprint density at radius 1 is 1.17 bits per heavy atom. The summed E-state index contributed by atoms with van der Waals surface area (Å²) < 4.78 is 5.64. The number of benzene rings is 2. The van der Waals surface area contributed by atoms with Gasteiger partial charge in [0, 0.05) is 10.9 Å². The Hall–Kier alpha value is -2.66. The zero-order chi connectivity index (χ0) is 17.1. The second kappa shape index (κ2) is 6.84. The number of nitrogens with zero attached hydrogens (tertiary/aromatic N) is 1. The van der Waals surface area contributed by atoms with Gasteiger partial charge in [-0.05, 0) is 43.2 Å². The van der Waals surface area contributed by atoms with Crippen LogP contribution in [0, 0.1) is 13.8 Å². The molecular formula is C19H17NO3S. The molecule has 1 aromatic heterocycles. The molecule has 0 aliphatic heterocycles. The molecule has 24 heavy (non-hydrogen) atoms. The quantitative estimate of drug-likeness (QED) is 0.732. The van der Waals surface area contributed by atoms with E-state index in [9.17, 15) is 9.90 Å². The summed E-state index contributed by atoms with van der Waals surface area (Å²) >= 11 is 1.50. The molecule has 0 saturated carbocycles. The van der Waals surface area contributed by atoms with Crippen LogP contribution in [0.5, 0.6) is 5.75 Å². The molecule has 1 N–H and O–H groups in total. The third-order valence-electron chi connectivity index (χ3n) is 3.82. The van der Waals surface area contributed by atoms with Gasteiger partial charge in [0.15, 0.2) is 0 Å². The number of hydrogen-bond acceptors (Lipinski definition) is 4. The summed E-state index contributed by atoms with van der Waals surface area (Å²) in [6.07, 6.45) is 0. The second-order valence-electron chi connectivity index (χ2n) is 5.52. The number of carboxylic acid groups (broad SMARTS) is 1. The first-order valence-corrected chi connectivity index (χ1v) is 8.39. The van der Waals surface area contributed by atoms with Crippen LogP contribution in [0.15, 0.2) is 47.8 Å². The van der Waals surface area contributed by atoms with Crippen molar-refractivity contribution in [2.75, 3.05) is 0 Å².